The van der Waals surface area contributed by atoms with Crippen LogP contribution in [0.15, 0.2) is 48.5 Å². The topological polar surface area (TPSA) is 120 Å². The van der Waals surface area contributed by atoms with Crippen LogP contribution in [0.25, 0.3) is 0 Å². The minimum absolute atomic E-state index is 0.0424. The van der Waals surface area contributed by atoms with Crippen molar-refractivity contribution in [3.63, 3.8) is 0 Å². The number of ether oxygens (including phenoxy) is 2. The molecule has 27 heavy (non-hydrogen) atoms. The molecule has 2 amide bonds. The summed E-state index contributed by atoms with van der Waals surface area (Å²) >= 11 is 0. The van der Waals surface area contributed by atoms with Gasteiger partial charge in [-0.15, -0.1) is 0 Å². The summed E-state index contributed by atoms with van der Waals surface area (Å²) in [5.41, 5.74) is 5.11. The predicted molar refractivity (Wildman–Crippen MR) is 96.1 cm³/mol. The van der Waals surface area contributed by atoms with Crippen molar-refractivity contribution in [2.75, 3.05) is 6.61 Å². The number of aryl methyl sites for hydroxylation is 1. The second kappa shape index (κ2) is 9.18. The van der Waals surface area contributed by atoms with Gasteiger partial charge in [-0.05, 0) is 37.6 Å². The molecular formula is C18H19N3O6. The van der Waals surface area contributed by atoms with Crippen LogP contribution in [-0.4, -0.2) is 29.4 Å². The summed E-state index contributed by atoms with van der Waals surface area (Å²) in [5, 5.41) is 11.0. The summed E-state index contributed by atoms with van der Waals surface area (Å²) in [4.78, 5) is 34.1. The first-order valence-electron chi connectivity index (χ1n) is 8.05. The van der Waals surface area contributed by atoms with Gasteiger partial charge in [-0.1, -0.05) is 24.3 Å². The van der Waals surface area contributed by atoms with E-state index in [1.54, 1.807) is 24.3 Å². The average Bonchev–Trinajstić information content (AvgIpc) is 2.64. The average molecular weight is 373 g/mol. The fourth-order valence-corrected chi connectivity index (χ4v) is 2.07. The van der Waals surface area contributed by atoms with Crippen LogP contribution in [0, 0.1) is 17.0 Å². The van der Waals surface area contributed by atoms with Crippen molar-refractivity contribution >= 4 is 17.5 Å². The zero-order valence-corrected chi connectivity index (χ0v) is 14.8. The molecule has 2 N–H and O–H groups in total. The molecule has 2 aromatic carbocycles. The van der Waals surface area contributed by atoms with Crippen LogP contribution in [0.1, 0.15) is 12.5 Å². The molecule has 0 aliphatic heterocycles. The summed E-state index contributed by atoms with van der Waals surface area (Å²) < 4.78 is 10.6. The van der Waals surface area contributed by atoms with Gasteiger partial charge in [-0.2, -0.15) is 0 Å². The molecule has 0 aromatic heterocycles. The molecule has 0 aliphatic rings. The highest BCUT2D eigenvalue weighted by Gasteiger charge is 2.21. The lowest BCUT2D eigenvalue weighted by Gasteiger charge is -2.15. The van der Waals surface area contributed by atoms with Gasteiger partial charge < -0.3 is 9.47 Å². The number of amides is 2. The van der Waals surface area contributed by atoms with Crippen LogP contribution in [0.5, 0.6) is 11.5 Å². The van der Waals surface area contributed by atoms with Crippen molar-refractivity contribution in [2.24, 2.45) is 0 Å². The number of nitro groups is 1. The maximum Gasteiger partial charge on any atom is 0.310 e. The van der Waals surface area contributed by atoms with E-state index >= 15 is 0 Å². The van der Waals surface area contributed by atoms with Crippen molar-refractivity contribution in [1.29, 1.82) is 0 Å². The van der Waals surface area contributed by atoms with Crippen molar-refractivity contribution < 1.29 is 24.0 Å². The van der Waals surface area contributed by atoms with Crippen LogP contribution >= 0.6 is 0 Å². The van der Waals surface area contributed by atoms with E-state index in [1.165, 1.54) is 25.1 Å². The second-order valence-electron chi connectivity index (χ2n) is 5.63. The second-order valence-corrected chi connectivity index (χ2v) is 5.63. The smallest absolute Gasteiger partial charge is 0.310 e. The number of rotatable bonds is 7. The molecule has 2 rings (SSSR count). The minimum atomic E-state index is -1.07. The molecule has 0 saturated carbocycles. The molecule has 0 bridgehead atoms. The minimum Gasteiger partial charge on any atom is -0.484 e. The summed E-state index contributed by atoms with van der Waals surface area (Å²) in [5.74, 6) is -0.747. The SMILES string of the molecule is Cc1cccc(OCC(=O)NNC(=O)C(C)Oc2ccccc2[N+](=O)[O-])c1. The highest BCUT2D eigenvalue weighted by molar-refractivity contribution is 5.85. The maximum atomic E-state index is 12.0. The number of carbonyl (C=O) groups excluding carboxylic acids is 2. The lowest BCUT2D eigenvalue weighted by molar-refractivity contribution is -0.386. The van der Waals surface area contributed by atoms with Gasteiger partial charge in [0.15, 0.2) is 18.5 Å². The Balaban J connectivity index is 1.81. The van der Waals surface area contributed by atoms with E-state index in [9.17, 15) is 19.7 Å². The molecule has 0 fully saturated rings. The molecule has 0 saturated heterocycles. The first-order chi connectivity index (χ1) is 12.9. The molecule has 0 aliphatic carbocycles. The highest BCUT2D eigenvalue weighted by Crippen LogP contribution is 2.26. The van der Waals surface area contributed by atoms with Gasteiger partial charge in [0.05, 0.1) is 4.92 Å². The largest absolute Gasteiger partial charge is 0.484 e. The monoisotopic (exact) mass is 373 g/mol. The van der Waals surface area contributed by atoms with E-state index in [1.807, 2.05) is 13.0 Å². The summed E-state index contributed by atoms with van der Waals surface area (Å²) in [6.07, 6.45) is -1.07. The van der Waals surface area contributed by atoms with Gasteiger partial charge in [-0.25, -0.2) is 0 Å². The molecule has 1 atom stereocenters. The van der Waals surface area contributed by atoms with Crippen LogP contribution in [0.4, 0.5) is 5.69 Å². The first kappa shape index (κ1) is 19.7. The van der Waals surface area contributed by atoms with Gasteiger partial charge in [0.25, 0.3) is 11.8 Å². The lowest BCUT2D eigenvalue weighted by atomic mass is 10.2. The number of hydrogen-bond donors (Lipinski definition) is 2. The van der Waals surface area contributed by atoms with E-state index < -0.39 is 22.8 Å². The van der Waals surface area contributed by atoms with Gasteiger partial charge in [-0.3, -0.25) is 30.6 Å². The Morgan fingerprint density at radius 3 is 2.59 bits per heavy atom. The third-order valence-electron chi connectivity index (χ3n) is 3.42. The van der Waals surface area contributed by atoms with Crippen LogP contribution in [0.3, 0.4) is 0 Å². The Hall–Kier alpha value is -3.62. The number of benzene rings is 2. The molecule has 1 unspecified atom stereocenters. The third-order valence-corrected chi connectivity index (χ3v) is 3.42. The molecule has 0 radical (unpaired) electrons. The van der Waals surface area contributed by atoms with Crippen LogP contribution in [-0.2, 0) is 9.59 Å². The molecule has 0 spiro atoms. The van der Waals surface area contributed by atoms with E-state index in [0.29, 0.717) is 5.75 Å². The van der Waals surface area contributed by atoms with E-state index in [4.69, 9.17) is 9.47 Å². The number of carbonyl (C=O) groups is 2. The summed E-state index contributed by atoms with van der Waals surface area (Å²) in [6.45, 7) is 3.01. The van der Waals surface area contributed by atoms with Crippen molar-refractivity contribution in [1.82, 2.24) is 10.9 Å². The number of nitro benzene ring substituents is 1. The predicted octanol–water partition coefficient (Wildman–Crippen LogP) is 1.90. The van der Waals surface area contributed by atoms with Gasteiger partial charge >= 0.3 is 5.69 Å². The number of para-hydroxylation sites is 2. The van der Waals surface area contributed by atoms with Crippen molar-refractivity contribution in [2.45, 2.75) is 20.0 Å². The van der Waals surface area contributed by atoms with E-state index in [2.05, 4.69) is 10.9 Å². The Bertz CT molecular complexity index is 839. The summed E-state index contributed by atoms with van der Waals surface area (Å²) in [7, 11) is 0. The normalized spacial score (nSPS) is 11.2. The summed E-state index contributed by atoms with van der Waals surface area (Å²) in [6, 6.07) is 12.9. The van der Waals surface area contributed by atoms with Crippen molar-refractivity contribution in [3.8, 4) is 11.5 Å². The van der Waals surface area contributed by atoms with Gasteiger partial charge in [0.1, 0.15) is 5.75 Å². The Morgan fingerprint density at radius 2 is 1.89 bits per heavy atom. The third kappa shape index (κ3) is 5.99. The van der Waals surface area contributed by atoms with E-state index in [0.717, 1.165) is 5.56 Å². The van der Waals surface area contributed by atoms with Gasteiger partial charge in [0.2, 0.25) is 0 Å². The fraction of sp³-hybridized carbons (Fsp3) is 0.222. The highest BCUT2D eigenvalue weighted by atomic mass is 16.6. The zero-order chi connectivity index (χ0) is 19.8. The number of hydrazine groups is 1. The Kier molecular flexibility index (Phi) is 6.70. The molecule has 0 heterocycles. The fourth-order valence-electron chi connectivity index (χ4n) is 2.07. The zero-order valence-electron chi connectivity index (χ0n) is 14.8. The number of nitrogens with zero attached hydrogens (tertiary/aromatic N) is 1. The molecule has 9 nitrogen and oxygen atoms in total. The van der Waals surface area contributed by atoms with Crippen LogP contribution < -0.4 is 20.3 Å². The molecule has 142 valence electrons. The maximum absolute atomic E-state index is 12.0. The van der Waals surface area contributed by atoms with E-state index in [-0.39, 0.29) is 18.0 Å². The quantitative estimate of drug-likeness (QED) is 0.565. The van der Waals surface area contributed by atoms with Crippen molar-refractivity contribution in [3.05, 3.63) is 64.2 Å². The van der Waals surface area contributed by atoms with Crippen LogP contribution in [0.2, 0.25) is 0 Å². The molecular weight excluding hydrogens is 354 g/mol. The first-order valence-corrected chi connectivity index (χ1v) is 8.05. The van der Waals surface area contributed by atoms with Gasteiger partial charge in [0, 0.05) is 6.07 Å². The lowest BCUT2D eigenvalue weighted by Crippen LogP contribution is -2.48. The number of hydrogen-bond acceptors (Lipinski definition) is 6. The molecule has 2 aromatic rings. The Labute approximate surface area is 155 Å². The molecule has 9 heteroatoms. The number of nitrogens with one attached hydrogen (secondary N) is 2. The standard InChI is InChI=1S/C18H19N3O6/c1-12-6-5-7-14(10-12)26-11-17(22)19-20-18(23)13(2)27-16-9-4-3-8-15(16)21(24)25/h3-10,13H,11H2,1-2H3,(H,19,22)(H,20,23). The Morgan fingerprint density at radius 1 is 1.15 bits per heavy atom.